The Morgan fingerprint density at radius 1 is 1.29 bits per heavy atom. The number of hydrogen-bond acceptors (Lipinski definition) is 3. The van der Waals surface area contributed by atoms with E-state index in [2.05, 4.69) is 32.4 Å². The van der Waals surface area contributed by atoms with Crippen molar-refractivity contribution in [1.29, 1.82) is 0 Å². The van der Waals surface area contributed by atoms with Crippen molar-refractivity contribution in [2.75, 3.05) is 5.32 Å². The number of aryl methyl sites for hydroxylation is 3. The SMILES string of the molecule is C=NC(=N/C(=C\C)c1ccc(CNC(=O)c2cccn2C)c(C)c1)Nc1cnn(C)c1. The van der Waals surface area contributed by atoms with Gasteiger partial charge in [0.2, 0.25) is 5.96 Å². The molecule has 8 nitrogen and oxygen atoms in total. The number of carbonyl (C=O) groups excluding carboxylic acids is 1. The van der Waals surface area contributed by atoms with E-state index in [1.54, 1.807) is 21.5 Å². The zero-order valence-electron chi connectivity index (χ0n) is 18.3. The van der Waals surface area contributed by atoms with Crippen molar-refractivity contribution in [2.45, 2.75) is 20.4 Å². The Hall–Kier alpha value is -3.94. The Kier molecular flexibility index (Phi) is 6.81. The van der Waals surface area contributed by atoms with Crippen LogP contribution in [-0.2, 0) is 20.6 Å². The summed E-state index contributed by atoms with van der Waals surface area (Å²) in [6.07, 6.45) is 7.29. The van der Waals surface area contributed by atoms with E-state index in [1.165, 1.54) is 0 Å². The van der Waals surface area contributed by atoms with E-state index in [0.717, 1.165) is 28.1 Å². The molecule has 0 radical (unpaired) electrons. The van der Waals surface area contributed by atoms with Crippen molar-refractivity contribution in [2.24, 2.45) is 24.1 Å². The van der Waals surface area contributed by atoms with Gasteiger partial charge in [-0.1, -0.05) is 18.2 Å². The van der Waals surface area contributed by atoms with Gasteiger partial charge in [-0.3, -0.25) is 9.48 Å². The van der Waals surface area contributed by atoms with Gasteiger partial charge in [-0.15, -0.1) is 0 Å². The van der Waals surface area contributed by atoms with Crippen molar-refractivity contribution in [1.82, 2.24) is 19.7 Å². The zero-order chi connectivity index (χ0) is 22.4. The Morgan fingerprint density at radius 2 is 2.10 bits per heavy atom. The monoisotopic (exact) mass is 417 g/mol. The van der Waals surface area contributed by atoms with Crippen LogP contribution in [0.5, 0.6) is 0 Å². The highest BCUT2D eigenvalue weighted by Gasteiger charge is 2.10. The first-order valence-corrected chi connectivity index (χ1v) is 9.88. The number of rotatable bonds is 6. The maximum absolute atomic E-state index is 12.4. The van der Waals surface area contributed by atoms with Crippen LogP contribution in [0.15, 0.2) is 65.0 Å². The fraction of sp³-hybridized carbons (Fsp3) is 0.217. The van der Waals surface area contributed by atoms with Gasteiger partial charge in [0.25, 0.3) is 5.91 Å². The Bertz CT molecular complexity index is 1150. The third kappa shape index (κ3) is 5.36. The van der Waals surface area contributed by atoms with E-state index >= 15 is 0 Å². The van der Waals surface area contributed by atoms with Gasteiger partial charge in [-0.05, 0) is 49.9 Å². The number of benzene rings is 1. The molecule has 0 spiro atoms. The lowest BCUT2D eigenvalue weighted by Crippen LogP contribution is -2.25. The summed E-state index contributed by atoms with van der Waals surface area (Å²) in [7, 11) is 3.69. The summed E-state index contributed by atoms with van der Waals surface area (Å²) >= 11 is 0. The number of nitrogens with zero attached hydrogens (tertiary/aromatic N) is 5. The highest BCUT2D eigenvalue weighted by molar-refractivity contribution is 5.99. The first-order chi connectivity index (χ1) is 14.9. The van der Waals surface area contributed by atoms with Gasteiger partial charge in [0, 0.05) is 38.6 Å². The average Bonchev–Trinajstić information content (AvgIpc) is 3.37. The van der Waals surface area contributed by atoms with Crippen LogP contribution >= 0.6 is 0 Å². The maximum atomic E-state index is 12.4. The van der Waals surface area contributed by atoms with Crippen molar-refractivity contribution in [3.63, 3.8) is 0 Å². The summed E-state index contributed by atoms with van der Waals surface area (Å²) in [5, 5.41) is 10.2. The molecule has 0 aliphatic rings. The molecular formula is C23H27N7O. The third-order valence-corrected chi connectivity index (χ3v) is 4.86. The molecule has 1 amide bonds. The lowest BCUT2D eigenvalue weighted by molar-refractivity contribution is 0.0943. The first-order valence-electron chi connectivity index (χ1n) is 9.88. The fourth-order valence-electron chi connectivity index (χ4n) is 3.14. The first kappa shape index (κ1) is 21.8. The number of nitrogens with one attached hydrogen (secondary N) is 2. The van der Waals surface area contributed by atoms with Crippen molar-refractivity contribution in [3.05, 3.63) is 77.4 Å². The molecule has 0 saturated heterocycles. The molecule has 31 heavy (non-hydrogen) atoms. The second kappa shape index (κ2) is 9.71. The summed E-state index contributed by atoms with van der Waals surface area (Å²) in [5.74, 6) is 0.288. The number of allylic oxidation sites excluding steroid dienone is 1. The molecule has 0 unspecified atom stereocenters. The number of aromatic nitrogens is 3. The molecule has 0 saturated carbocycles. The van der Waals surface area contributed by atoms with Gasteiger partial charge in [-0.2, -0.15) is 5.10 Å². The molecule has 1 aromatic carbocycles. The molecule has 2 heterocycles. The van der Waals surface area contributed by atoms with Crippen LogP contribution < -0.4 is 10.6 Å². The van der Waals surface area contributed by atoms with Gasteiger partial charge in [-0.25, -0.2) is 9.98 Å². The molecule has 0 aliphatic carbocycles. The molecule has 0 fully saturated rings. The van der Waals surface area contributed by atoms with E-state index in [1.807, 2.05) is 70.7 Å². The minimum absolute atomic E-state index is 0.0992. The van der Waals surface area contributed by atoms with Crippen LogP contribution in [0.1, 0.15) is 34.1 Å². The number of aliphatic imine (C=N–C) groups is 2. The summed E-state index contributed by atoms with van der Waals surface area (Å²) in [6.45, 7) is 8.00. The van der Waals surface area contributed by atoms with Gasteiger partial charge >= 0.3 is 0 Å². The zero-order valence-corrected chi connectivity index (χ0v) is 18.3. The lowest BCUT2D eigenvalue weighted by atomic mass is 10.0. The van der Waals surface area contributed by atoms with Crippen molar-refractivity contribution >= 4 is 30.0 Å². The van der Waals surface area contributed by atoms with Crippen molar-refractivity contribution in [3.8, 4) is 0 Å². The molecule has 8 heteroatoms. The summed E-state index contributed by atoms with van der Waals surface area (Å²) in [4.78, 5) is 20.9. The molecular weight excluding hydrogens is 390 g/mol. The number of amides is 1. The van der Waals surface area contributed by atoms with Crippen LogP contribution in [0.4, 0.5) is 5.69 Å². The minimum Gasteiger partial charge on any atom is -0.347 e. The topological polar surface area (TPSA) is 88.6 Å². The quantitative estimate of drug-likeness (QED) is 0.475. The predicted molar refractivity (Wildman–Crippen MR) is 125 cm³/mol. The van der Waals surface area contributed by atoms with E-state index < -0.39 is 0 Å². The van der Waals surface area contributed by atoms with E-state index in [4.69, 9.17) is 0 Å². The van der Waals surface area contributed by atoms with E-state index in [0.29, 0.717) is 18.2 Å². The normalized spacial score (nSPS) is 12.0. The highest BCUT2D eigenvalue weighted by atomic mass is 16.1. The van der Waals surface area contributed by atoms with Crippen molar-refractivity contribution < 1.29 is 4.79 Å². The predicted octanol–water partition coefficient (Wildman–Crippen LogP) is 3.53. The summed E-state index contributed by atoms with van der Waals surface area (Å²) < 4.78 is 3.49. The van der Waals surface area contributed by atoms with E-state index in [9.17, 15) is 4.79 Å². The summed E-state index contributed by atoms with van der Waals surface area (Å²) in [5.41, 5.74) is 5.23. The molecule has 2 aromatic heterocycles. The molecule has 3 aromatic rings. The molecule has 0 aliphatic heterocycles. The van der Waals surface area contributed by atoms with E-state index in [-0.39, 0.29) is 5.91 Å². The standard InChI is InChI=1S/C23H27N7O/c1-6-20(28-23(24-3)27-19-14-26-30(5)15-19)17-9-10-18(16(2)12-17)13-25-22(31)21-8-7-11-29(21)4/h6-12,14-15H,3,13H2,1-2,4-5H3,(H,25,31)(H,27,28)/b20-6-. The number of anilines is 1. The third-order valence-electron chi connectivity index (χ3n) is 4.86. The second-order valence-corrected chi connectivity index (χ2v) is 7.12. The van der Waals surface area contributed by atoms with Gasteiger partial charge in [0.1, 0.15) is 5.69 Å². The van der Waals surface area contributed by atoms with Crippen LogP contribution in [-0.4, -0.2) is 32.9 Å². The largest absolute Gasteiger partial charge is 0.347 e. The molecule has 160 valence electrons. The van der Waals surface area contributed by atoms with Crippen LogP contribution in [0.2, 0.25) is 0 Å². The van der Waals surface area contributed by atoms with Crippen LogP contribution in [0.25, 0.3) is 5.70 Å². The molecule has 2 N–H and O–H groups in total. The Balaban J connectivity index is 1.72. The number of guanidine groups is 1. The second-order valence-electron chi connectivity index (χ2n) is 7.12. The van der Waals surface area contributed by atoms with Gasteiger partial charge in [0.15, 0.2) is 0 Å². The number of carbonyl (C=O) groups is 1. The van der Waals surface area contributed by atoms with Gasteiger partial charge in [0.05, 0.1) is 17.6 Å². The van der Waals surface area contributed by atoms with Gasteiger partial charge < -0.3 is 15.2 Å². The highest BCUT2D eigenvalue weighted by Crippen LogP contribution is 2.21. The Morgan fingerprint density at radius 3 is 2.68 bits per heavy atom. The fourth-order valence-corrected chi connectivity index (χ4v) is 3.14. The minimum atomic E-state index is -0.0992. The number of hydrogen-bond donors (Lipinski definition) is 2. The molecule has 0 bridgehead atoms. The molecule has 0 atom stereocenters. The smallest absolute Gasteiger partial charge is 0.268 e. The Labute approximate surface area is 182 Å². The maximum Gasteiger partial charge on any atom is 0.268 e. The van der Waals surface area contributed by atoms with Crippen LogP contribution in [0.3, 0.4) is 0 Å². The average molecular weight is 418 g/mol. The lowest BCUT2D eigenvalue weighted by Gasteiger charge is -2.11. The summed E-state index contributed by atoms with van der Waals surface area (Å²) in [6, 6.07) is 9.69. The molecule has 3 rings (SSSR count). The van der Waals surface area contributed by atoms with Crippen LogP contribution in [0, 0.1) is 6.92 Å².